The van der Waals surface area contributed by atoms with Gasteiger partial charge in [-0.15, -0.1) is 15.0 Å². The average Bonchev–Trinajstić information content (AvgIpc) is 2.71. The van der Waals surface area contributed by atoms with E-state index >= 15 is 0 Å². The van der Waals surface area contributed by atoms with Gasteiger partial charge in [0.2, 0.25) is 0 Å². The monoisotopic (exact) mass is 175 g/mol. The number of nitrogens with zero attached hydrogens (tertiary/aromatic N) is 4. The minimum atomic E-state index is 0.547. The molecule has 0 amide bonds. The lowest BCUT2D eigenvalue weighted by Crippen LogP contribution is -2.00. The van der Waals surface area contributed by atoms with Gasteiger partial charge in [0.05, 0.1) is 5.69 Å². The molecule has 1 heterocycles. The Hall–Kier alpha value is -1.75. The quantitative estimate of drug-likeness (QED) is 0.703. The first kappa shape index (κ1) is 7.88. The summed E-state index contributed by atoms with van der Waals surface area (Å²) in [5.74, 6) is 0. The van der Waals surface area contributed by atoms with Gasteiger partial charge >= 0.3 is 0 Å². The van der Waals surface area contributed by atoms with Gasteiger partial charge in [0.25, 0.3) is 0 Å². The van der Waals surface area contributed by atoms with Gasteiger partial charge in [0, 0.05) is 6.54 Å². The molecule has 0 aliphatic carbocycles. The molecule has 0 spiro atoms. The fourth-order valence-corrected chi connectivity index (χ4v) is 1.05. The van der Waals surface area contributed by atoms with Crippen LogP contribution in [-0.4, -0.2) is 20.2 Å². The summed E-state index contributed by atoms with van der Waals surface area (Å²) in [5, 5.41) is 11.3. The lowest BCUT2D eigenvalue weighted by Gasteiger charge is -1.99. The van der Waals surface area contributed by atoms with E-state index in [9.17, 15) is 0 Å². The Morgan fingerprint density at radius 1 is 1.23 bits per heavy atom. The molecule has 2 aromatic rings. The summed E-state index contributed by atoms with van der Waals surface area (Å²) < 4.78 is 0. The lowest BCUT2D eigenvalue weighted by molar-refractivity contribution is 0.719. The summed E-state index contributed by atoms with van der Waals surface area (Å²) in [7, 11) is 0. The lowest BCUT2D eigenvalue weighted by atomic mass is 10.2. The van der Waals surface area contributed by atoms with Gasteiger partial charge in [0.1, 0.15) is 0 Å². The highest BCUT2D eigenvalue weighted by Crippen LogP contribution is 2.05. The summed E-state index contributed by atoms with van der Waals surface area (Å²) in [6.45, 7) is 0.547. The highest BCUT2D eigenvalue weighted by Gasteiger charge is 1.96. The maximum absolute atomic E-state index is 5.47. The molecule has 1 aromatic heterocycles. The van der Waals surface area contributed by atoms with Gasteiger partial charge in [-0.05, 0) is 22.9 Å². The molecule has 5 nitrogen and oxygen atoms in total. The summed E-state index contributed by atoms with van der Waals surface area (Å²) in [4.78, 5) is 1.46. The van der Waals surface area contributed by atoms with Gasteiger partial charge in [-0.2, -0.15) is 0 Å². The van der Waals surface area contributed by atoms with E-state index in [1.54, 1.807) is 0 Å². The average molecular weight is 175 g/mol. The van der Waals surface area contributed by atoms with Crippen molar-refractivity contribution in [3.8, 4) is 5.69 Å². The van der Waals surface area contributed by atoms with E-state index in [-0.39, 0.29) is 0 Å². The summed E-state index contributed by atoms with van der Waals surface area (Å²) >= 11 is 0. The first-order valence-electron chi connectivity index (χ1n) is 3.92. The van der Waals surface area contributed by atoms with Crippen LogP contribution in [0, 0.1) is 0 Å². The molecule has 2 rings (SSSR count). The molecular weight excluding hydrogens is 166 g/mol. The molecule has 0 unspecified atom stereocenters. The van der Waals surface area contributed by atoms with Gasteiger partial charge in [-0.1, -0.05) is 12.1 Å². The highest BCUT2D eigenvalue weighted by molar-refractivity contribution is 5.32. The van der Waals surface area contributed by atoms with Crippen LogP contribution in [-0.2, 0) is 6.54 Å². The Morgan fingerprint density at radius 3 is 2.54 bits per heavy atom. The van der Waals surface area contributed by atoms with Crippen molar-refractivity contribution in [1.29, 1.82) is 0 Å². The number of hydrogen-bond acceptors (Lipinski definition) is 4. The molecule has 0 fully saturated rings. The number of hydrogen-bond donors (Lipinski definition) is 1. The predicted octanol–water partition coefficient (Wildman–Crippen LogP) is 0.121. The summed E-state index contributed by atoms with van der Waals surface area (Å²) in [6, 6.07) is 7.70. The number of nitrogens with two attached hydrogens (primary N) is 1. The maximum Gasteiger partial charge on any atom is 0.162 e. The standard InChI is InChI=1S/C8H9N5/c9-5-7-1-3-8(4-2-7)13-11-6-10-12-13/h1-4,6H,5,9H2. The van der Waals surface area contributed by atoms with E-state index in [0.717, 1.165) is 11.3 Å². The SMILES string of the molecule is NCc1ccc(-n2ncnn2)cc1. The minimum Gasteiger partial charge on any atom is -0.326 e. The zero-order chi connectivity index (χ0) is 9.10. The normalized spacial score (nSPS) is 10.2. The molecule has 2 N–H and O–H groups in total. The van der Waals surface area contributed by atoms with Crippen molar-refractivity contribution in [2.24, 2.45) is 5.73 Å². The highest BCUT2D eigenvalue weighted by atomic mass is 15.6. The molecular formula is C8H9N5. The zero-order valence-corrected chi connectivity index (χ0v) is 6.96. The zero-order valence-electron chi connectivity index (χ0n) is 6.96. The van der Waals surface area contributed by atoms with E-state index in [1.165, 1.54) is 11.1 Å². The third kappa shape index (κ3) is 1.54. The minimum absolute atomic E-state index is 0.547. The molecule has 5 heteroatoms. The number of rotatable bonds is 2. The van der Waals surface area contributed by atoms with Crippen molar-refractivity contribution in [2.45, 2.75) is 6.54 Å². The first-order valence-corrected chi connectivity index (χ1v) is 3.92. The maximum atomic E-state index is 5.47. The smallest absolute Gasteiger partial charge is 0.162 e. The second-order valence-corrected chi connectivity index (χ2v) is 2.60. The summed E-state index contributed by atoms with van der Waals surface area (Å²) in [5.41, 5.74) is 7.44. The molecule has 0 radical (unpaired) electrons. The van der Waals surface area contributed by atoms with Crippen LogP contribution in [0.5, 0.6) is 0 Å². The molecule has 0 saturated heterocycles. The van der Waals surface area contributed by atoms with Gasteiger partial charge in [-0.3, -0.25) is 0 Å². The van der Waals surface area contributed by atoms with Crippen LogP contribution in [0.3, 0.4) is 0 Å². The van der Waals surface area contributed by atoms with Crippen molar-refractivity contribution in [1.82, 2.24) is 20.2 Å². The molecule has 13 heavy (non-hydrogen) atoms. The third-order valence-electron chi connectivity index (χ3n) is 1.75. The molecule has 1 aromatic carbocycles. The Kier molecular flexibility index (Phi) is 2.01. The fraction of sp³-hybridized carbons (Fsp3) is 0.125. The van der Waals surface area contributed by atoms with Gasteiger partial charge in [0.15, 0.2) is 6.33 Å². The molecule has 0 bridgehead atoms. The van der Waals surface area contributed by atoms with E-state index in [2.05, 4.69) is 15.4 Å². The third-order valence-corrected chi connectivity index (χ3v) is 1.75. The molecule has 0 aliphatic rings. The predicted molar refractivity (Wildman–Crippen MR) is 47.0 cm³/mol. The largest absolute Gasteiger partial charge is 0.326 e. The van der Waals surface area contributed by atoms with E-state index in [4.69, 9.17) is 5.73 Å². The van der Waals surface area contributed by atoms with Crippen LogP contribution in [0.15, 0.2) is 30.6 Å². The van der Waals surface area contributed by atoms with Crippen LogP contribution in [0.4, 0.5) is 0 Å². The van der Waals surface area contributed by atoms with Crippen LogP contribution in [0.25, 0.3) is 5.69 Å². The number of aromatic nitrogens is 4. The fourth-order valence-electron chi connectivity index (χ4n) is 1.05. The van der Waals surface area contributed by atoms with Crippen molar-refractivity contribution in [2.75, 3.05) is 0 Å². The molecule has 0 saturated carbocycles. The van der Waals surface area contributed by atoms with Crippen LogP contribution in [0.2, 0.25) is 0 Å². The Labute approximate surface area is 75.2 Å². The van der Waals surface area contributed by atoms with Crippen molar-refractivity contribution < 1.29 is 0 Å². The second kappa shape index (κ2) is 3.32. The van der Waals surface area contributed by atoms with Crippen LogP contribution in [0.1, 0.15) is 5.56 Å². The molecule has 66 valence electrons. The van der Waals surface area contributed by atoms with Crippen LogP contribution < -0.4 is 5.73 Å². The van der Waals surface area contributed by atoms with Crippen molar-refractivity contribution in [3.05, 3.63) is 36.2 Å². The van der Waals surface area contributed by atoms with Crippen molar-refractivity contribution >= 4 is 0 Å². The van der Waals surface area contributed by atoms with Crippen LogP contribution >= 0.6 is 0 Å². The number of tetrazole rings is 1. The van der Waals surface area contributed by atoms with E-state index in [1.807, 2.05) is 24.3 Å². The number of benzene rings is 1. The van der Waals surface area contributed by atoms with E-state index < -0.39 is 0 Å². The van der Waals surface area contributed by atoms with E-state index in [0.29, 0.717) is 6.54 Å². The second-order valence-electron chi connectivity index (χ2n) is 2.60. The summed E-state index contributed by atoms with van der Waals surface area (Å²) in [6.07, 6.45) is 1.40. The Bertz CT molecular complexity index is 364. The Balaban J connectivity index is 2.33. The topological polar surface area (TPSA) is 69.6 Å². The van der Waals surface area contributed by atoms with Crippen molar-refractivity contribution in [3.63, 3.8) is 0 Å². The first-order chi connectivity index (χ1) is 6.40. The molecule has 0 aliphatic heterocycles. The van der Waals surface area contributed by atoms with Gasteiger partial charge < -0.3 is 5.73 Å². The van der Waals surface area contributed by atoms with Gasteiger partial charge in [-0.25, -0.2) is 0 Å². The Morgan fingerprint density at radius 2 is 2.00 bits per heavy atom. The molecule has 0 atom stereocenters.